The number of nitrogens with zero attached hydrogens (tertiary/aromatic N) is 1. The molecule has 1 saturated heterocycles. The molecule has 0 aromatic rings. The van der Waals surface area contributed by atoms with Gasteiger partial charge in [-0.3, -0.25) is 0 Å². The zero-order valence-electron chi connectivity index (χ0n) is 11.5. The van der Waals surface area contributed by atoms with Gasteiger partial charge in [-0.25, -0.2) is 0 Å². The van der Waals surface area contributed by atoms with Gasteiger partial charge in [-0.05, 0) is 49.6 Å². The molecule has 0 saturated carbocycles. The van der Waals surface area contributed by atoms with Gasteiger partial charge in [-0.1, -0.05) is 43.6 Å². The molecular weight excluding hydrogens is 262 g/mol. The molecule has 1 heterocycles. The molecule has 96 valence electrons. The largest absolute Gasteiger partial charge is 0.303 e. The van der Waals surface area contributed by atoms with Crippen LogP contribution in [0.15, 0.2) is 0 Å². The Morgan fingerprint density at radius 2 is 1.62 bits per heavy atom. The van der Waals surface area contributed by atoms with Crippen LogP contribution in [0.25, 0.3) is 0 Å². The van der Waals surface area contributed by atoms with Gasteiger partial charge in [-0.15, -0.1) is 0 Å². The maximum atomic E-state index is 3.72. The van der Waals surface area contributed by atoms with Crippen molar-refractivity contribution in [3.63, 3.8) is 0 Å². The molecule has 0 aromatic carbocycles. The second-order valence-electron chi connectivity index (χ2n) is 6.28. The van der Waals surface area contributed by atoms with E-state index in [-0.39, 0.29) is 0 Å². The highest BCUT2D eigenvalue weighted by molar-refractivity contribution is 9.09. The minimum absolute atomic E-state index is 0.501. The van der Waals surface area contributed by atoms with Crippen molar-refractivity contribution in [3.8, 4) is 0 Å². The van der Waals surface area contributed by atoms with Crippen LogP contribution in [0.2, 0.25) is 0 Å². The third-order valence-electron chi connectivity index (χ3n) is 4.55. The zero-order chi connectivity index (χ0) is 12.2. The molecule has 0 unspecified atom stereocenters. The van der Waals surface area contributed by atoms with E-state index in [4.69, 9.17) is 0 Å². The van der Waals surface area contributed by atoms with E-state index in [9.17, 15) is 0 Å². The van der Waals surface area contributed by atoms with Crippen LogP contribution in [0.1, 0.15) is 53.4 Å². The van der Waals surface area contributed by atoms with E-state index in [1.165, 1.54) is 45.3 Å². The molecule has 0 bridgehead atoms. The van der Waals surface area contributed by atoms with E-state index in [1.54, 1.807) is 0 Å². The summed E-state index contributed by atoms with van der Waals surface area (Å²) in [6, 6.07) is 0. The SMILES string of the molecule is CCC(CC)(CBr)CN1CCC(C)(C)CC1. The lowest BCUT2D eigenvalue weighted by molar-refractivity contribution is 0.0871. The first-order valence-corrected chi connectivity index (χ1v) is 7.87. The Bertz CT molecular complexity index is 191. The van der Waals surface area contributed by atoms with Gasteiger partial charge in [0.1, 0.15) is 0 Å². The molecule has 0 atom stereocenters. The Labute approximate surface area is 110 Å². The van der Waals surface area contributed by atoms with Crippen LogP contribution in [0.4, 0.5) is 0 Å². The van der Waals surface area contributed by atoms with E-state index < -0.39 is 0 Å². The van der Waals surface area contributed by atoms with Crippen LogP contribution in [-0.2, 0) is 0 Å². The molecule has 1 nitrogen and oxygen atoms in total. The highest BCUT2D eigenvalue weighted by Gasteiger charge is 2.31. The molecule has 0 aromatic heterocycles. The number of halogens is 1. The molecule has 0 radical (unpaired) electrons. The van der Waals surface area contributed by atoms with Gasteiger partial charge in [-0.2, -0.15) is 0 Å². The Morgan fingerprint density at radius 3 is 2.00 bits per heavy atom. The molecule has 16 heavy (non-hydrogen) atoms. The Morgan fingerprint density at radius 1 is 1.12 bits per heavy atom. The van der Waals surface area contributed by atoms with Gasteiger partial charge in [0.05, 0.1) is 0 Å². The van der Waals surface area contributed by atoms with E-state index in [0.29, 0.717) is 10.8 Å². The summed E-state index contributed by atoms with van der Waals surface area (Å²) in [6.45, 7) is 13.3. The summed E-state index contributed by atoms with van der Waals surface area (Å²) in [7, 11) is 0. The Hall–Kier alpha value is 0.440. The van der Waals surface area contributed by atoms with Crippen molar-refractivity contribution in [2.45, 2.75) is 53.4 Å². The van der Waals surface area contributed by atoms with Crippen LogP contribution >= 0.6 is 15.9 Å². The predicted molar refractivity (Wildman–Crippen MR) is 76.3 cm³/mol. The van der Waals surface area contributed by atoms with Crippen molar-refractivity contribution >= 4 is 15.9 Å². The average Bonchev–Trinajstić information content (AvgIpc) is 2.29. The van der Waals surface area contributed by atoms with Crippen molar-refractivity contribution in [2.75, 3.05) is 25.0 Å². The Kier molecular flexibility index (Phi) is 5.31. The third-order valence-corrected chi connectivity index (χ3v) is 5.74. The summed E-state index contributed by atoms with van der Waals surface area (Å²) < 4.78 is 0. The van der Waals surface area contributed by atoms with Crippen molar-refractivity contribution < 1.29 is 0 Å². The summed E-state index contributed by atoms with van der Waals surface area (Å²) in [6.07, 6.45) is 5.29. The smallest absolute Gasteiger partial charge is 0.01000 e. The monoisotopic (exact) mass is 289 g/mol. The van der Waals surface area contributed by atoms with Crippen molar-refractivity contribution in [3.05, 3.63) is 0 Å². The molecule has 0 aliphatic carbocycles. The summed E-state index contributed by atoms with van der Waals surface area (Å²) in [5.41, 5.74) is 1.08. The highest BCUT2D eigenvalue weighted by atomic mass is 79.9. The lowest BCUT2D eigenvalue weighted by Gasteiger charge is -2.42. The fourth-order valence-electron chi connectivity index (χ4n) is 2.50. The number of piperidine rings is 1. The van der Waals surface area contributed by atoms with Crippen LogP contribution in [0.3, 0.4) is 0 Å². The van der Waals surface area contributed by atoms with E-state index in [0.717, 1.165) is 5.33 Å². The maximum Gasteiger partial charge on any atom is 0.01000 e. The lowest BCUT2D eigenvalue weighted by atomic mass is 9.80. The van der Waals surface area contributed by atoms with Crippen LogP contribution in [-0.4, -0.2) is 29.9 Å². The second-order valence-corrected chi connectivity index (χ2v) is 6.84. The fourth-order valence-corrected chi connectivity index (χ4v) is 3.47. The van der Waals surface area contributed by atoms with Crippen LogP contribution in [0.5, 0.6) is 0 Å². The first kappa shape index (κ1) is 14.5. The lowest BCUT2D eigenvalue weighted by Crippen LogP contribution is -2.44. The summed E-state index contributed by atoms with van der Waals surface area (Å²) in [5, 5.41) is 1.15. The van der Waals surface area contributed by atoms with Gasteiger partial charge < -0.3 is 4.90 Å². The third kappa shape index (κ3) is 3.73. The predicted octanol–water partition coefficient (Wildman–Crippen LogP) is 4.31. The quantitative estimate of drug-likeness (QED) is 0.682. The van der Waals surface area contributed by atoms with E-state index in [2.05, 4.69) is 48.5 Å². The van der Waals surface area contributed by atoms with Gasteiger partial charge in [0.2, 0.25) is 0 Å². The Balaban J connectivity index is 2.48. The zero-order valence-corrected chi connectivity index (χ0v) is 13.1. The average molecular weight is 290 g/mol. The minimum atomic E-state index is 0.501. The first-order chi connectivity index (χ1) is 7.47. The number of hydrogen-bond acceptors (Lipinski definition) is 1. The van der Waals surface area contributed by atoms with Crippen molar-refractivity contribution in [2.24, 2.45) is 10.8 Å². The fraction of sp³-hybridized carbons (Fsp3) is 1.00. The maximum absolute atomic E-state index is 3.72. The minimum Gasteiger partial charge on any atom is -0.303 e. The topological polar surface area (TPSA) is 3.24 Å². The molecular formula is C14H28BrN. The van der Waals surface area contributed by atoms with Gasteiger partial charge in [0.25, 0.3) is 0 Å². The number of alkyl halides is 1. The first-order valence-electron chi connectivity index (χ1n) is 6.75. The van der Waals surface area contributed by atoms with Crippen molar-refractivity contribution in [1.82, 2.24) is 4.90 Å². The molecule has 1 fully saturated rings. The van der Waals surface area contributed by atoms with Crippen LogP contribution < -0.4 is 0 Å². The number of rotatable bonds is 5. The summed E-state index contributed by atoms with van der Waals surface area (Å²) in [5.74, 6) is 0. The normalized spacial score (nSPS) is 22.3. The standard InChI is InChI=1S/C14H28BrN/c1-5-14(6-2,11-15)12-16-9-7-13(3,4)8-10-16/h5-12H2,1-4H3. The molecule has 0 N–H and O–H groups in total. The number of likely N-dealkylation sites (tertiary alicyclic amines) is 1. The number of hydrogen-bond donors (Lipinski definition) is 0. The molecule has 0 spiro atoms. The van der Waals surface area contributed by atoms with Gasteiger partial charge >= 0.3 is 0 Å². The molecule has 1 aliphatic rings. The van der Waals surface area contributed by atoms with Gasteiger partial charge in [0.15, 0.2) is 0 Å². The van der Waals surface area contributed by atoms with E-state index in [1.807, 2.05) is 0 Å². The molecule has 0 amide bonds. The summed E-state index contributed by atoms with van der Waals surface area (Å²) in [4.78, 5) is 2.68. The van der Waals surface area contributed by atoms with Crippen molar-refractivity contribution in [1.29, 1.82) is 0 Å². The summed E-state index contributed by atoms with van der Waals surface area (Å²) >= 11 is 3.72. The molecule has 1 rings (SSSR count). The highest BCUT2D eigenvalue weighted by Crippen LogP contribution is 2.34. The van der Waals surface area contributed by atoms with Crippen LogP contribution in [0, 0.1) is 10.8 Å². The molecule has 1 aliphatic heterocycles. The van der Waals surface area contributed by atoms with Gasteiger partial charge in [0, 0.05) is 11.9 Å². The van der Waals surface area contributed by atoms with E-state index >= 15 is 0 Å². The molecule has 2 heteroatoms. The second kappa shape index (κ2) is 5.86.